The standard InChI is InChI=1S/C25H28O8.Na.H/c1-19(33-25(29)15-14-24(28)32-18-21-10-6-3-7-11-21)16-30-22(26)12-13-23(27)31-17-20-8-4-2-5-9-20;;/h2-11,19H,12-18H2,1H3;;/q;+1;-1. The third kappa shape index (κ3) is 13.1. The van der Waals surface area contributed by atoms with Crippen LogP contribution >= 0.6 is 0 Å². The van der Waals surface area contributed by atoms with Gasteiger partial charge in [-0.25, -0.2) is 0 Å². The monoisotopic (exact) mass is 480 g/mol. The van der Waals surface area contributed by atoms with Gasteiger partial charge in [0.05, 0.1) is 25.7 Å². The molecule has 1 atom stereocenters. The topological polar surface area (TPSA) is 105 Å². The van der Waals surface area contributed by atoms with E-state index in [0.717, 1.165) is 11.1 Å². The Labute approximate surface area is 222 Å². The molecule has 9 heteroatoms. The minimum atomic E-state index is -0.688. The van der Waals surface area contributed by atoms with Gasteiger partial charge in [0.25, 0.3) is 0 Å². The zero-order valence-electron chi connectivity index (χ0n) is 20.6. The number of hydrogen-bond donors (Lipinski definition) is 0. The molecule has 2 rings (SSSR count). The van der Waals surface area contributed by atoms with Crippen molar-refractivity contribution in [2.45, 2.75) is 51.9 Å². The van der Waals surface area contributed by atoms with E-state index in [9.17, 15) is 19.2 Å². The second-order valence-corrected chi connectivity index (χ2v) is 7.28. The molecule has 0 N–H and O–H groups in total. The van der Waals surface area contributed by atoms with Crippen LogP contribution in [0.15, 0.2) is 60.7 Å². The summed E-state index contributed by atoms with van der Waals surface area (Å²) in [7, 11) is 0. The predicted molar refractivity (Wildman–Crippen MR) is 119 cm³/mol. The van der Waals surface area contributed by atoms with E-state index in [2.05, 4.69) is 0 Å². The van der Waals surface area contributed by atoms with Crippen molar-refractivity contribution in [3.8, 4) is 0 Å². The Morgan fingerprint density at radius 1 is 0.647 bits per heavy atom. The molecule has 0 fully saturated rings. The van der Waals surface area contributed by atoms with E-state index in [1.165, 1.54) is 0 Å². The molecule has 0 amide bonds. The molecule has 2 aromatic carbocycles. The molecule has 0 heterocycles. The molecule has 2 aromatic rings. The Morgan fingerprint density at radius 3 is 1.47 bits per heavy atom. The first-order chi connectivity index (χ1) is 15.9. The van der Waals surface area contributed by atoms with E-state index in [4.69, 9.17) is 18.9 Å². The van der Waals surface area contributed by atoms with E-state index in [1.807, 2.05) is 60.7 Å². The van der Waals surface area contributed by atoms with Crippen molar-refractivity contribution in [3.63, 3.8) is 0 Å². The van der Waals surface area contributed by atoms with Crippen molar-refractivity contribution < 1.29 is 69.1 Å². The van der Waals surface area contributed by atoms with Gasteiger partial charge in [-0.15, -0.1) is 0 Å². The molecule has 178 valence electrons. The van der Waals surface area contributed by atoms with Crippen LogP contribution in [0.1, 0.15) is 45.2 Å². The normalized spacial score (nSPS) is 10.9. The Morgan fingerprint density at radius 2 is 1.03 bits per heavy atom. The van der Waals surface area contributed by atoms with E-state index in [-0.39, 0.29) is 76.5 Å². The van der Waals surface area contributed by atoms with Crippen LogP contribution < -0.4 is 29.6 Å². The Balaban J connectivity index is 0.00000578. The number of rotatable bonds is 13. The molecule has 34 heavy (non-hydrogen) atoms. The summed E-state index contributed by atoms with van der Waals surface area (Å²) in [5, 5.41) is 0. The number of carbonyl (C=O) groups is 4. The molecule has 0 radical (unpaired) electrons. The minimum Gasteiger partial charge on any atom is -1.00 e. The summed E-state index contributed by atoms with van der Waals surface area (Å²) in [5.41, 5.74) is 1.71. The summed E-state index contributed by atoms with van der Waals surface area (Å²) in [6, 6.07) is 18.4. The van der Waals surface area contributed by atoms with Gasteiger partial charge < -0.3 is 20.4 Å². The van der Waals surface area contributed by atoms with Gasteiger partial charge in [0.1, 0.15) is 25.9 Å². The van der Waals surface area contributed by atoms with Gasteiger partial charge in [0.2, 0.25) is 0 Å². The third-order valence-electron chi connectivity index (χ3n) is 4.36. The summed E-state index contributed by atoms with van der Waals surface area (Å²) in [6.07, 6.45) is -1.18. The largest absolute Gasteiger partial charge is 1.00 e. The molecule has 0 aliphatic rings. The molecule has 1 unspecified atom stereocenters. The van der Waals surface area contributed by atoms with Crippen LogP contribution in [0.4, 0.5) is 0 Å². The maximum Gasteiger partial charge on any atom is 1.00 e. The van der Waals surface area contributed by atoms with Gasteiger partial charge in [0.15, 0.2) is 0 Å². The zero-order valence-corrected chi connectivity index (χ0v) is 21.6. The molecule has 0 saturated carbocycles. The third-order valence-corrected chi connectivity index (χ3v) is 4.36. The van der Waals surface area contributed by atoms with Crippen molar-refractivity contribution >= 4 is 23.9 Å². The second kappa shape index (κ2) is 16.9. The van der Waals surface area contributed by atoms with Gasteiger partial charge in [-0.3, -0.25) is 19.2 Å². The number of carbonyl (C=O) groups excluding carboxylic acids is 4. The van der Waals surface area contributed by atoms with Crippen LogP contribution in [-0.4, -0.2) is 36.6 Å². The molecule has 0 aliphatic carbocycles. The first-order valence-corrected chi connectivity index (χ1v) is 10.7. The van der Waals surface area contributed by atoms with Crippen LogP contribution in [0.5, 0.6) is 0 Å². The van der Waals surface area contributed by atoms with Gasteiger partial charge >= 0.3 is 53.4 Å². The number of esters is 4. The van der Waals surface area contributed by atoms with Crippen LogP contribution in [-0.2, 0) is 51.3 Å². The Bertz CT molecular complexity index is 908. The second-order valence-electron chi connectivity index (χ2n) is 7.28. The fourth-order valence-corrected chi connectivity index (χ4v) is 2.63. The van der Waals surface area contributed by atoms with Crippen molar-refractivity contribution in [1.29, 1.82) is 0 Å². The smallest absolute Gasteiger partial charge is 1.00 e. The summed E-state index contributed by atoms with van der Waals surface area (Å²) in [5.74, 6) is -2.21. The first kappa shape index (κ1) is 29.4. The summed E-state index contributed by atoms with van der Waals surface area (Å²) < 4.78 is 20.3. The number of hydrogen-bond acceptors (Lipinski definition) is 8. The first-order valence-electron chi connectivity index (χ1n) is 10.7. The molecule has 0 spiro atoms. The average molecular weight is 480 g/mol. The predicted octanol–water partition coefficient (Wildman–Crippen LogP) is 0.625. The number of benzene rings is 2. The van der Waals surface area contributed by atoms with Gasteiger partial charge in [-0.2, -0.15) is 0 Å². The SMILES string of the molecule is CC(COC(=O)CCC(=O)OCc1ccccc1)OC(=O)CCC(=O)OCc1ccccc1.[H-].[Na+]. The van der Waals surface area contributed by atoms with Crippen LogP contribution in [0.2, 0.25) is 0 Å². The fraction of sp³-hybridized carbons (Fsp3) is 0.360. The fourth-order valence-electron chi connectivity index (χ4n) is 2.63. The molecule has 0 saturated heterocycles. The van der Waals surface area contributed by atoms with Gasteiger partial charge in [-0.1, -0.05) is 60.7 Å². The van der Waals surface area contributed by atoms with Crippen LogP contribution in [0.25, 0.3) is 0 Å². The quantitative estimate of drug-likeness (QED) is 0.234. The van der Waals surface area contributed by atoms with Crippen molar-refractivity contribution in [2.75, 3.05) is 6.61 Å². The van der Waals surface area contributed by atoms with Crippen molar-refractivity contribution in [3.05, 3.63) is 71.8 Å². The molecular formula is C25H29NaO8. The van der Waals surface area contributed by atoms with Crippen molar-refractivity contribution in [1.82, 2.24) is 0 Å². The van der Waals surface area contributed by atoms with E-state index < -0.39 is 30.0 Å². The minimum absolute atomic E-state index is 0. The Hall–Kier alpha value is -2.68. The maximum atomic E-state index is 11.8. The van der Waals surface area contributed by atoms with E-state index in [1.54, 1.807) is 6.92 Å². The molecule has 0 aromatic heterocycles. The maximum absolute atomic E-state index is 11.8. The summed E-state index contributed by atoms with van der Waals surface area (Å²) >= 11 is 0. The molecule has 0 aliphatic heterocycles. The average Bonchev–Trinajstić information content (AvgIpc) is 2.83. The summed E-state index contributed by atoms with van der Waals surface area (Å²) in [6.45, 7) is 1.69. The number of ether oxygens (including phenoxy) is 4. The van der Waals surface area contributed by atoms with Crippen molar-refractivity contribution in [2.24, 2.45) is 0 Å². The summed E-state index contributed by atoms with van der Waals surface area (Å²) in [4.78, 5) is 47.1. The molecule has 8 nitrogen and oxygen atoms in total. The van der Waals surface area contributed by atoms with Gasteiger partial charge in [0, 0.05) is 0 Å². The van der Waals surface area contributed by atoms with E-state index >= 15 is 0 Å². The van der Waals surface area contributed by atoms with Gasteiger partial charge in [-0.05, 0) is 18.1 Å². The van der Waals surface area contributed by atoms with Crippen LogP contribution in [0.3, 0.4) is 0 Å². The Kier molecular flexibility index (Phi) is 14.6. The molecular weight excluding hydrogens is 451 g/mol. The van der Waals surface area contributed by atoms with E-state index in [0.29, 0.717) is 0 Å². The molecule has 0 bridgehead atoms. The zero-order chi connectivity index (χ0) is 23.9. The van der Waals surface area contributed by atoms with Crippen LogP contribution in [0, 0.1) is 0 Å².